The van der Waals surface area contributed by atoms with E-state index in [1.54, 1.807) is 0 Å². The van der Waals surface area contributed by atoms with E-state index in [0.29, 0.717) is 23.6 Å². The minimum absolute atomic E-state index is 0.325. The number of piperidine rings is 2. The maximum absolute atomic E-state index is 12.8. The summed E-state index contributed by atoms with van der Waals surface area (Å²) < 4.78 is 27.5. The predicted octanol–water partition coefficient (Wildman–Crippen LogP) is 2.36. The normalized spacial score (nSPS) is 32.8. The molecule has 4 nitrogen and oxygen atoms in total. The molecule has 122 valence electrons. The van der Waals surface area contributed by atoms with E-state index < -0.39 is 10.0 Å². The molecule has 0 radical (unpaired) electrons. The van der Waals surface area contributed by atoms with Crippen LogP contribution in [0.2, 0.25) is 0 Å². The monoisotopic (exact) mass is 314 g/mol. The van der Waals surface area contributed by atoms with Crippen molar-refractivity contribution in [2.24, 2.45) is 11.8 Å². The molecule has 0 unspecified atom stereocenters. The van der Waals surface area contributed by atoms with Crippen molar-refractivity contribution >= 4 is 10.0 Å². The fourth-order valence-corrected chi connectivity index (χ4v) is 6.49. The summed E-state index contributed by atoms with van der Waals surface area (Å²) >= 11 is 0. The molecule has 5 heteroatoms. The van der Waals surface area contributed by atoms with Gasteiger partial charge in [-0.2, -0.15) is 4.31 Å². The molecular weight excluding hydrogens is 284 g/mol. The third-order valence-corrected chi connectivity index (χ3v) is 7.71. The molecule has 3 fully saturated rings. The largest absolute Gasteiger partial charge is 0.317 e. The molecule has 0 aromatic carbocycles. The van der Waals surface area contributed by atoms with Gasteiger partial charge in [0.1, 0.15) is 0 Å². The van der Waals surface area contributed by atoms with E-state index in [2.05, 4.69) is 5.32 Å². The topological polar surface area (TPSA) is 49.4 Å². The van der Waals surface area contributed by atoms with Crippen LogP contribution in [-0.2, 0) is 10.0 Å². The predicted molar refractivity (Wildman–Crippen MR) is 85.7 cm³/mol. The molecular formula is C16H30N2O2S. The summed E-state index contributed by atoms with van der Waals surface area (Å²) in [6.07, 6.45) is 10.3. The molecule has 2 heterocycles. The Morgan fingerprint density at radius 1 is 0.952 bits per heavy atom. The Kier molecular flexibility index (Phi) is 5.23. The second-order valence-electron chi connectivity index (χ2n) is 7.16. The zero-order chi connectivity index (χ0) is 14.7. The van der Waals surface area contributed by atoms with Crippen LogP contribution in [0.1, 0.15) is 57.8 Å². The minimum Gasteiger partial charge on any atom is -0.317 e. The van der Waals surface area contributed by atoms with Crippen molar-refractivity contribution in [3.63, 3.8) is 0 Å². The fraction of sp³-hybridized carbons (Fsp3) is 1.00. The highest BCUT2D eigenvalue weighted by molar-refractivity contribution is 7.89. The van der Waals surface area contributed by atoms with Gasteiger partial charge in [-0.3, -0.25) is 0 Å². The van der Waals surface area contributed by atoms with Crippen molar-refractivity contribution in [2.75, 3.05) is 25.4 Å². The summed E-state index contributed by atoms with van der Waals surface area (Å²) in [6, 6.07) is 0.325. The Hall–Kier alpha value is -0.130. The van der Waals surface area contributed by atoms with Crippen LogP contribution in [0.3, 0.4) is 0 Å². The number of hydrogen-bond acceptors (Lipinski definition) is 3. The summed E-state index contributed by atoms with van der Waals surface area (Å²) in [5.74, 6) is 1.62. The molecule has 1 saturated carbocycles. The molecule has 0 aromatic rings. The number of sulfonamides is 1. The zero-order valence-electron chi connectivity index (χ0n) is 13.1. The Morgan fingerprint density at radius 3 is 2.48 bits per heavy atom. The van der Waals surface area contributed by atoms with Gasteiger partial charge >= 0.3 is 0 Å². The van der Waals surface area contributed by atoms with Crippen LogP contribution in [0.15, 0.2) is 0 Å². The first-order valence-corrected chi connectivity index (χ1v) is 10.5. The quantitative estimate of drug-likeness (QED) is 0.866. The second kappa shape index (κ2) is 6.97. The SMILES string of the molecule is O=S(=O)(CCC1CCNCC1)N1CCC[C@H]2CCCC[C@H]21. The first kappa shape index (κ1) is 15.8. The first-order valence-electron chi connectivity index (χ1n) is 8.87. The smallest absolute Gasteiger partial charge is 0.214 e. The Morgan fingerprint density at radius 2 is 1.67 bits per heavy atom. The molecule has 3 aliphatic rings. The molecule has 0 bridgehead atoms. The van der Waals surface area contributed by atoms with Gasteiger partial charge in [-0.1, -0.05) is 12.8 Å². The minimum atomic E-state index is -3.04. The summed E-state index contributed by atoms with van der Waals surface area (Å²) in [5.41, 5.74) is 0. The maximum atomic E-state index is 12.8. The van der Waals surface area contributed by atoms with E-state index in [1.165, 1.54) is 25.7 Å². The number of nitrogens with one attached hydrogen (secondary N) is 1. The van der Waals surface area contributed by atoms with Crippen LogP contribution in [-0.4, -0.2) is 44.2 Å². The Balaban J connectivity index is 1.60. The first-order chi connectivity index (χ1) is 10.2. The molecule has 2 atom stereocenters. The molecule has 2 aliphatic heterocycles. The summed E-state index contributed by atoms with van der Waals surface area (Å²) in [7, 11) is -3.04. The molecule has 1 N–H and O–H groups in total. The lowest BCUT2D eigenvalue weighted by Crippen LogP contribution is -2.50. The van der Waals surface area contributed by atoms with E-state index in [0.717, 1.165) is 51.7 Å². The molecule has 2 saturated heterocycles. The lowest BCUT2D eigenvalue weighted by Gasteiger charge is -2.43. The van der Waals surface area contributed by atoms with Crippen molar-refractivity contribution in [1.82, 2.24) is 9.62 Å². The van der Waals surface area contributed by atoms with E-state index >= 15 is 0 Å². The van der Waals surface area contributed by atoms with Crippen LogP contribution in [0.25, 0.3) is 0 Å². The van der Waals surface area contributed by atoms with Crippen LogP contribution < -0.4 is 5.32 Å². The molecule has 1 aliphatic carbocycles. The van der Waals surface area contributed by atoms with E-state index in [1.807, 2.05) is 4.31 Å². The van der Waals surface area contributed by atoms with Crippen molar-refractivity contribution in [1.29, 1.82) is 0 Å². The van der Waals surface area contributed by atoms with Gasteiger partial charge in [0.15, 0.2) is 0 Å². The lowest BCUT2D eigenvalue weighted by molar-refractivity contribution is 0.129. The third-order valence-electron chi connectivity index (χ3n) is 5.79. The summed E-state index contributed by atoms with van der Waals surface area (Å²) in [6.45, 7) is 2.88. The van der Waals surface area contributed by atoms with Gasteiger partial charge in [0.05, 0.1) is 5.75 Å². The zero-order valence-corrected chi connectivity index (χ0v) is 13.9. The lowest BCUT2D eigenvalue weighted by atomic mass is 9.79. The number of fused-ring (bicyclic) bond motifs is 1. The molecule has 0 aromatic heterocycles. The van der Waals surface area contributed by atoms with Gasteiger partial charge in [-0.25, -0.2) is 8.42 Å². The number of nitrogens with zero attached hydrogens (tertiary/aromatic N) is 1. The molecule has 21 heavy (non-hydrogen) atoms. The Bertz CT molecular complexity index is 430. The standard InChI is InChI=1S/C16H30N2O2S/c19-21(20,13-9-14-7-10-17-11-8-14)18-12-3-5-15-4-1-2-6-16(15)18/h14-17H,1-13H2/t15-,16-/m1/s1. The van der Waals surface area contributed by atoms with E-state index in [9.17, 15) is 8.42 Å². The van der Waals surface area contributed by atoms with Crippen LogP contribution >= 0.6 is 0 Å². The van der Waals surface area contributed by atoms with Gasteiger partial charge in [-0.05, 0) is 69.9 Å². The van der Waals surface area contributed by atoms with Gasteiger partial charge in [-0.15, -0.1) is 0 Å². The summed E-state index contributed by atoms with van der Waals surface area (Å²) in [5, 5.41) is 3.35. The summed E-state index contributed by atoms with van der Waals surface area (Å²) in [4.78, 5) is 0. The Labute approximate surface area is 129 Å². The van der Waals surface area contributed by atoms with Gasteiger partial charge < -0.3 is 5.32 Å². The average molecular weight is 314 g/mol. The van der Waals surface area contributed by atoms with Crippen LogP contribution in [0.5, 0.6) is 0 Å². The maximum Gasteiger partial charge on any atom is 0.214 e. The number of hydrogen-bond donors (Lipinski definition) is 1. The molecule has 3 rings (SSSR count). The fourth-order valence-electron chi connectivity index (χ4n) is 4.53. The van der Waals surface area contributed by atoms with Crippen molar-refractivity contribution in [3.05, 3.63) is 0 Å². The second-order valence-corrected chi connectivity index (χ2v) is 9.20. The highest BCUT2D eigenvalue weighted by Crippen LogP contribution is 2.37. The van der Waals surface area contributed by atoms with Crippen molar-refractivity contribution in [2.45, 2.75) is 63.8 Å². The van der Waals surface area contributed by atoms with E-state index in [4.69, 9.17) is 0 Å². The highest BCUT2D eigenvalue weighted by atomic mass is 32.2. The average Bonchev–Trinajstić information content (AvgIpc) is 2.53. The van der Waals surface area contributed by atoms with Gasteiger partial charge in [0.25, 0.3) is 0 Å². The van der Waals surface area contributed by atoms with Crippen molar-refractivity contribution < 1.29 is 8.42 Å². The number of rotatable bonds is 4. The van der Waals surface area contributed by atoms with Crippen molar-refractivity contribution in [3.8, 4) is 0 Å². The van der Waals surface area contributed by atoms with Gasteiger partial charge in [0, 0.05) is 12.6 Å². The van der Waals surface area contributed by atoms with Gasteiger partial charge in [0.2, 0.25) is 10.0 Å². The molecule has 0 amide bonds. The highest BCUT2D eigenvalue weighted by Gasteiger charge is 2.39. The van der Waals surface area contributed by atoms with Crippen LogP contribution in [0.4, 0.5) is 0 Å². The van der Waals surface area contributed by atoms with E-state index in [-0.39, 0.29) is 0 Å². The molecule has 0 spiro atoms. The third kappa shape index (κ3) is 3.80. The van der Waals surface area contributed by atoms with Crippen LogP contribution in [0, 0.1) is 11.8 Å².